The van der Waals surface area contributed by atoms with Gasteiger partial charge in [-0.1, -0.05) is 6.07 Å². The standard InChI is InChI=1S/C20H26N6/c1-14-12-19(26-20(22-14)15(2)16(3)24-26)23-17-7-10-25(11-8-17)13-18-6-4-5-9-21-18/h4-6,9,12,17,23H,7-8,10-11,13H2,1-3H3. The number of piperidine rings is 1. The molecule has 136 valence electrons. The number of anilines is 1. The van der Waals surface area contributed by atoms with Gasteiger partial charge >= 0.3 is 0 Å². The number of aromatic nitrogens is 4. The third-order valence-corrected chi connectivity index (χ3v) is 5.24. The molecule has 1 aliphatic rings. The maximum absolute atomic E-state index is 4.66. The van der Waals surface area contributed by atoms with Crippen molar-refractivity contribution >= 4 is 11.5 Å². The van der Waals surface area contributed by atoms with E-state index < -0.39 is 0 Å². The predicted octanol–water partition coefficient (Wildman–Crippen LogP) is 3.13. The molecule has 0 atom stereocenters. The molecule has 4 rings (SSSR count). The Morgan fingerprint density at radius 1 is 1.15 bits per heavy atom. The van der Waals surface area contributed by atoms with E-state index in [1.165, 1.54) is 0 Å². The van der Waals surface area contributed by atoms with Crippen molar-refractivity contribution in [2.75, 3.05) is 18.4 Å². The third-order valence-electron chi connectivity index (χ3n) is 5.24. The highest BCUT2D eigenvalue weighted by Crippen LogP contribution is 2.21. The Morgan fingerprint density at radius 2 is 1.96 bits per heavy atom. The summed E-state index contributed by atoms with van der Waals surface area (Å²) in [6.45, 7) is 9.27. The summed E-state index contributed by atoms with van der Waals surface area (Å²) in [5, 5.41) is 8.37. The monoisotopic (exact) mass is 350 g/mol. The molecule has 1 saturated heterocycles. The lowest BCUT2D eigenvalue weighted by Crippen LogP contribution is -2.39. The molecule has 0 unspecified atom stereocenters. The Labute approximate surface area is 154 Å². The van der Waals surface area contributed by atoms with Crippen LogP contribution in [0, 0.1) is 20.8 Å². The van der Waals surface area contributed by atoms with Crippen molar-refractivity contribution in [3.63, 3.8) is 0 Å². The van der Waals surface area contributed by atoms with Crippen LogP contribution in [0.2, 0.25) is 0 Å². The molecule has 4 heterocycles. The summed E-state index contributed by atoms with van der Waals surface area (Å²) in [4.78, 5) is 11.6. The first-order valence-corrected chi connectivity index (χ1v) is 9.32. The summed E-state index contributed by atoms with van der Waals surface area (Å²) in [6, 6.07) is 8.68. The summed E-state index contributed by atoms with van der Waals surface area (Å²) in [7, 11) is 0. The zero-order valence-corrected chi connectivity index (χ0v) is 15.7. The Balaban J connectivity index is 1.43. The predicted molar refractivity (Wildman–Crippen MR) is 103 cm³/mol. The van der Waals surface area contributed by atoms with E-state index in [1.807, 2.05) is 30.6 Å². The smallest absolute Gasteiger partial charge is 0.160 e. The number of likely N-dealkylation sites (tertiary alicyclic amines) is 1. The van der Waals surface area contributed by atoms with Crippen molar-refractivity contribution in [1.29, 1.82) is 0 Å². The minimum absolute atomic E-state index is 0.463. The Kier molecular flexibility index (Phi) is 4.59. The molecule has 6 heteroatoms. The molecule has 0 radical (unpaired) electrons. The first-order chi connectivity index (χ1) is 12.6. The average Bonchev–Trinajstić information content (AvgIpc) is 2.93. The topological polar surface area (TPSA) is 58.4 Å². The molecule has 0 saturated carbocycles. The number of nitrogens with zero attached hydrogens (tertiary/aromatic N) is 5. The number of hydrogen-bond donors (Lipinski definition) is 1. The molecule has 0 spiro atoms. The second-order valence-corrected chi connectivity index (χ2v) is 7.24. The van der Waals surface area contributed by atoms with Gasteiger partial charge in [-0.15, -0.1) is 0 Å². The molecule has 6 nitrogen and oxygen atoms in total. The highest BCUT2D eigenvalue weighted by molar-refractivity contribution is 5.56. The Morgan fingerprint density at radius 3 is 2.69 bits per heavy atom. The molecule has 0 amide bonds. The highest BCUT2D eigenvalue weighted by atomic mass is 15.3. The average molecular weight is 350 g/mol. The number of aryl methyl sites for hydroxylation is 3. The molecule has 1 N–H and O–H groups in total. The van der Waals surface area contributed by atoms with Crippen molar-refractivity contribution in [1.82, 2.24) is 24.5 Å². The van der Waals surface area contributed by atoms with Crippen LogP contribution in [0.15, 0.2) is 30.5 Å². The van der Waals surface area contributed by atoms with Crippen molar-refractivity contribution in [2.45, 2.75) is 46.2 Å². The van der Waals surface area contributed by atoms with Crippen molar-refractivity contribution < 1.29 is 0 Å². The van der Waals surface area contributed by atoms with Crippen molar-refractivity contribution in [3.05, 3.63) is 53.1 Å². The van der Waals surface area contributed by atoms with E-state index in [4.69, 9.17) is 0 Å². The number of hydrogen-bond acceptors (Lipinski definition) is 5. The maximum Gasteiger partial charge on any atom is 0.160 e. The number of nitrogens with one attached hydrogen (secondary N) is 1. The largest absolute Gasteiger partial charge is 0.367 e. The van der Waals surface area contributed by atoms with Crippen LogP contribution in [0.25, 0.3) is 5.65 Å². The minimum atomic E-state index is 0.463. The van der Waals surface area contributed by atoms with Crippen LogP contribution in [0.1, 0.15) is 35.5 Å². The van der Waals surface area contributed by atoms with Crippen LogP contribution in [-0.2, 0) is 6.54 Å². The van der Waals surface area contributed by atoms with Gasteiger partial charge in [0.05, 0.1) is 11.4 Å². The van der Waals surface area contributed by atoms with E-state index in [9.17, 15) is 0 Å². The van der Waals surface area contributed by atoms with Gasteiger partial charge in [-0.2, -0.15) is 9.61 Å². The fraction of sp³-hybridized carbons (Fsp3) is 0.450. The molecular weight excluding hydrogens is 324 g/mol. The van der Waals surface area contributed by atoms with Gasteiger partial charge in [0, 0.05) is 49.2 Å². The first kappa shape index (κ1) is 17.0. The lowest BCUT2D eigenvalue weighted by atomic mass is 10.0. The quantitative estimate of drug-likeness (QED) is 0.783. The molecule has 0 bridgehead atoms. The van der Waals surface area contributed by atoms with Crippen molar-refractivity contribution in [2.24, 2.45) is 0 Å². The highest BCUT2D eigenvalue weighted by Gasteiger charge is 2.21. The number of rotatable bonds is 4. The van der Waals surface area contributed by atoms with Gasteiger partial charge in [0.2, 0.25) is 0 Å². The van der Waals surface area contributed by atoms with Gasteiger partial charge in [0.25, 0.3) is 0 Å². The van der Waals surface area contributed by atoms with Crippen LogP contribution in [-0.4, -0.2) is 43.6 Å². The maximum atomic E-state index is 4.66. The fourth-order valence-corrected chi connectivity index (χ4v) is 3.62. The van der Waals surface area contributed by atoms with Crippen LogP contribution in [0.3, 0.4) is 0 Å². The van der Waals surface area contributed by atoms with Crippen LogP contribution >= 0.6 is 0 Å². The fourth-order valence-electron chi connectivity index (χ4n) is 3.62. The zero-order chi connectivity index (χ0) is 18.1. The molecule has 0 aliphatic carbocycles. The van der Waals surface area contributed by atoms with Crippen LogP contribution in [0.5, 0.6) is 0 Å². The number of pyridine rings is 1. The summed E-state index contributed by atoms with van der Waals surface area (Å²) >= 11 is 0. The van der Waals surface area contributed by atoms with Crippen LogP contribution < -0.4 is 5.32 Å². The lowest BCUT2D eigenvalue weighted by molar-refractivity contribution is 0.209. The van der Waals surface area contributed by atoms with Gasteiger partial charge < -0.3 is 5.32 Å². The van der Waals surface area contributed by atoms with Gasteiger partial charge in [-0.05, 0) is 45.7 Å². The zero-order valence-electron chi connectivity index (χ0n) is 15.7. The summed E-state index contributed by atoms with van der Waals surface area (Å²) in [5.41, 5.74) is 5.32. The van der Waals surface area contributed by atoms with E-state index in [2.05, 4.69) is 50.4 Å². The number of fused-ring (bicyclic) bond motifs is 1. The van der Waals surface area contributed by atoms with E-state index in [0.29, 0.717) is 6.04 Å². The van der Waals surface area contributed by atoms with Crippen LogP contribution in [0.4, 0.5) is 5.82 Å². The summed E-state index contributed by atoms with van der Waals surface area (Å²) < 4.78 is 1.96. The SMILES string of the molecule is Cc1cc(NC2CCN(Cc3ccccn3)CC2)n2nc(C)c(C)c2n1. The second kappa shape index (κ2) is 7.03. The Hall–Kier alpha value is -2.47. The summed E-state index contributed by atoms with van der Waals surface area (Å²) in [6.07, 6.45) is 4.11. The molecule has 26 heavy (non-hydrogen) atoms. The minimum Gasteiger partial charge on any atom is -0.367 e. The Bertz CT molecular complexity index is 894. The molecule has 0 aromatic carbocycles. The summed E-state index contributed by atoms with van der Waals surface area (Å²) in [5.74, 6) is 1.05. The van der Waals surface area contributed by atoms with Gasteiger partial charge in [-0.3, -0.25) is 9.88 Å². The molecule has 3 aromatic heterocycles. The molecule has 1 aliphatic heterocycles. The second-order valence-electron chi connectivity index (χ2n) is 7.24. The normalized spacial score (nSPS) is 16.3. The third kappa shape index (κ3) is 3.42. The van der Waals surface area contributed by atoms with E-state index in [-0.39, 0.29) is 0 Å². The lowest BCUT2D eigenvalue weighted by Gasteiger charge is -2.32. The van der Waals surface area contributed by atoms with Crippen molar-refractivity contribution in [3.8, 4) is 0 Å². The van der Waals surface area contributed by atoms with E-state index >= 15 is 0 Å². The molecule has 1 fully saturated rings. The molecule has 3 aromatic rings. The van der Waals surface area contributed by atoms with Gasteiger partial charge in [0.1, 0.15) is 5.82 Å². The van der Waals surface area contributed by atoms with E-state index in [0.717, 1.165) is 66.6 Å². The first-order valence-electron chi connectivity index (χ1n) is 9.32. The molecular formula is C20H26N6. The van der Waals surface area contributed by atoms with Gasteiger partial charge in [-0.25, -0.2) is 4.98 Å². The van der Waals surface area contributed by atoms with Gasteiger partial charge in [0.15, 0.2) is 5.65 Å². The van der Waals surface area contributed by atoms with E-state index in [1.54, 1.807) is 0 Å².